The van der Waals surface area contributed by atoms with Gasteiger partial charge in [0.1, 0.15) is 12.1 Å². The molecule has 0 fully saturated rings. The van der Waals surface area contributed by atoms with Crippen molar-refractivity contribution in [3.8, 4) is 11.4 Å². The molecule has 0 aliphatic carbocycles. The van der Waals surface area contributed by atoms with Gasteiger partial charge in [-0.25, -0.2) is 0 Å². The number of hydrogen-bond acceptors (Lipinski definition) is 5. The number of carbonyl (C=O) groups excluding carboxylic acids is 1. The second kappa shape index (κ2) is 10.1. The minimum absolute atomic E-state index is 0.00393. The fourth-order valence-electron chi connectivity index (χ4n) is 2.91. The van der Waals surface area contributed by atoms with Crippen LogP contribution in [-0.2, 0) is 11.2 Å². The molecule has 0 spiro atoms. The van der Waals surface area contributed by atoms with E-state index in [0.29, 0.717) is 5.16 Å². The number of amides is 1. The molecule has 1 heterocycles. The SMILES string of the molecule is COc1cccc(-n2cnnc2SC(C)C(=O)NC(C)CCc2ccccc2)c1. The Morgan fingerprint density at radius 1 is 1.17 bits per heavy atom. The summed E-state index contributed by atoms with van der Waals surface area (Å²) >= 11 is 1.39. The largest absolute Gasteiger partial charge is 0.497 e. The van der Waals surface area contributed by atoms with Gasteiger partial charge in [0, 0.05) is 12.1 Å². The van der Waals surface area contributed by atoms with Crippen molar-refractivity contribution in [3.05, 3.63) is 66.5 Å². The van der Waals surface area contributed by atoms with Crippen LogP contribution in [0.4, 0.5) is 0 Å². The zero-order chi connectivity index (χ0) is 20.6. The molecule has 7 heteroatoms. The number of nitrogens with zero attached hydrogens (tertiary/aromatic N) is 3. The highest BCUT2D eigenvalue weighted by atomic mass is 32.2. The number of benzene rings is 2. The Bertz CT molecular complexity index is 929. The van der Waals surface area contributed by atoms with Crippen molar-refractivity contribution >= 4 is 17.7 Å². The third-order valence-corrected chi connectivity index (χ3v) is 5.65. The van der Waals surface area contributed by atoms with Crippen LogP contribution in [0.25, 0.3) is 5.69 Å². The number of ether oxygens (including phenoxy) is 1. The second-order valence-corrected chi connectivity index (χ2v) is 8.19. The Morgan fingerprint density at radius 2 is 1.97 bits per heavy atom. The van der Waals surface area contributed by atoms with Crippen molar-refractivity contribution in [1.82, 2.24) is 20.1 Å². The molecule has 0 aliphatic heterocycles. The highest BCUT2D eigenvalue weighted by Gasteiger charge is 2.20. The lowest BCUT2D eigenvalue weighted by Gasteiger charge is -2.17. The third-order valence-electron chi connectivity index (χ3n) is 4.60. The summed E-state index contributed by atoms with van der Waals surface area (Å²) in [6.07, 6.45) is 3.48. The smallest absolute Gasteiger partial charge is 0.233 e. The number of methoxy groups -OCH3 is 1. The lowest BCUT2D eigenvalue weighted by atomic mass is 10.1. The van der Waals surface area contributed by atoms with E-state index < -0.39 is 0 Å². The molecule has 0 saturated heterocycles. The van der Waals surface area contributed by atoms with Crippen molar-refractivity contribution in [2.24, 2.45) is 0 Å². The quantitative estimate of drug-likeness (QED) is 0.542. The highest BCUT2D eigenvalue weighted by Crippen LogP contribution is 2.25. The summed E-state index contributed by atoms with van der Waals surface area (Å²) in [5.41, 5.74) is 2.17. The van der Waals surface area contributed by atoms with Crippen LogP contribution in [0.3, 0.4) is 0 Å². The molecule has 0 aliphatic rings. The van der Waals surface area contributed by atoms with E-state index in [1.54, 1.807) is 13.4 Å². The van der Waals surface area contributed by atoms with Crippen molar-refractivity contribution in [1.29, 1.82) is 0 Å². The molecule has 0 radical (unpaired) electrons. The van der Waals surface area contributed by atoms with E-state index in [1.807, 2.05) is 60.9 Å². The van der Waals surface area contributed by atoms with Gasteiger partial charge in [0.2, 0.25) is 5.91 Å². The average molecular weight is 411 g/mol. The number of carbonyl (C=O) groups is 1. The van der Waals surface area contributed by atoms with E-state index in [1.165, 1.54) is 17.3 Å². The van der Waals surface area contributed by atoms with E-state index >= 15 is 0 Å². The molecule has 29 heavy (non-hydrogen) atoms. The van der Waals surface area contributed by atoms with Crippen LogP contribution >= 0.6 is 11.8 Å². The number of hydrogen-bond donors (Lipinski definition) is 1. The molecule has 2 unspecified atom stereocenters. The Balaban J connectivity index is 1.56. The van der Waals surface area contributed by atoms with Crippen LogP contribution in [0.1, 0.15) is 25.8 Å². The molecule has 2 aromatic carbocycles. The lowest BCUT2D eigenvalue weighted by molar-refractivity contribution is -0.120. The van der Waals surface area contributed by atoms with Gasteiger partial charge >= 0.3 is 0 Å². The average Bonchev–Trinajstić information content (AvgIpc) is 3.21. The van der Waals surface area contributed by atoms with Crippen molar-refractivity contribution in [2.45, 2.75) is 43.1 Å². The molecular formula is C22H26N4O2S. The summed E-state index contributed by atoms with van der Waals surface area (Å²) in [7, 11) is 1.63. The summed E-state index contributed by atoms with van der Waals surface area (Å²) in [4.78, 5) is 12.6. The fourth-order valence-corrected chi connectivity index (χ4v) is 3.77. The van der Waals surface area contributed by atoms with Gasteiger partial charge in [0.25, 0.3) is 0 Å². The van der Waals surface area contributed by atoms with Gasteiger partial charge in [-0.3, -0.25) is 9.36 Å². The number of nitrogens with one attached hydrogen (secondary N) is 1. The Hall–Kier alpha value is -2.80. The lowest BCUT2D eigenvalue weighted by Crippen LogP contribution is -2.38. The van der Waals surface area contributed by atoms with Crippen molar-refractivity contribution < 1.29 is 9.53 Å². The predicted molar refractivity (Wildman–Crippen MR) is 116 cm³/mol. The zero-order valence-electron chi connectivity index (χ0n) is 16.9. The summed E-state index contributed by atoms with van der Waals surface area (Å²) < 4.78 is 7.14. The Labute approximate surface area is 175 Å². The minimum Gasteiger partial charge on any atom is -0.497 e. The van der Waals surface area contributed by atoms with Crippen molar-refractivity contribution in [3.63, 3.8) is 0 Å². The van der Waals surface area contributed by atoms with Crippen LogP contribution in [0.5, 0.6) is 5.75 Å². The number of aromatic nitrogens is 3. The fraction of sp³-hybridized carbons (Fsp3) is 0.318. The van der Waals surface area contributed by atoms with Crippen LogP contribution in [0.15, 0.2) is 66.1 Å². The normalized spacial score (nSPS) is 12.9. The first-order valence-corrected chi connectivity index (χ1v) is 10.5. The Kier molecular flexibility index (Phi) is 7.30. The van der Waals surface area contributed by atoms with Gasteiger partial charge in [-0.05, 0) is 44.4 Å². The summed E-state index contributed by atoms with van der Waals surface area (Å²) in [5.74, 6) is 0.751. The molecule has 1 amide bonds. The molecule has 3 aromatic rings. The number of rotatable bonds is 9. The maximum atomic E-state index is 12.6. The Morgan fingerprint density at radius 3 is 2.72 bits per heavy atom. The molecular weight excluding hydrogens is 384 g/mol. The number of aryl methyl sites for hydroxylation is 1. The second-order valence-electron chi connectivity index (χ2n) is 6.88. The molecule has 2 atom stereocenters. The summed E-state index contributed by atoms with van der Waals surface area (Å²) in [5, 5.41) is 11.7. The third kappa shape index (κ3) is 5.84. The van der Waals surface area contributed by atoms with Gasteiger partial charge in [0.05, 0.1) is 18.0 Å². The van der Waals surface area contributed by atoms with Crippen LogP contribution < -0.4 is 10.1 Å². The van der Waals surface area contributed by atoms with Gasteiger partial charge in [-0.1, -0.05) is 48.2 Å². The first kappa shape index (κ1) is 20.9. The summed E-state index contributed by atoms with van der Waals surface area (Å²) in [6.45, 7) is 3.92. The van der Waals surface area contributed by atoms with E-state index in [2.05, 4.69) is 27.6 Å². The van der Waals surface area contributed by atoms with Gasteiger partial charge in [0.15, 0.2) is 5.16 Å². The maximum Gasteiger partial charge on any atom is 0.233 e. The molecule has 1 N–H and O–H groups in total. The molecule has 0 saturated carbocycles. The number of thioether (sulfide) groups is 1. The van der Waals surface area contributed by atoms with Crippen LogP contribution in [0, 0.1) is 0 Å². The van der Waals surface area contributed by atoms with Crippen molar-refractivity contribution in [2.75, 3.05) is 7.11 Å². The van der Waals surface area contributed by atoms with E-state index in [-0.39, 0.29) is 17.2 Å². The maximum absolute atomic E-state index is 12.6. The van der Waals surface area contributed by atoms with E-state index in [0.717, 1.165) is 24.3 Å². The molecule has 6 nitrogen and oxygen atoms in total. The molecule has 152 valence electrons. The highest BCUT2D eigenvalue weighted by molar-refractivity contribution is 8.00. The van der Waals surface area contributed by atoms with E-state index in [4.69, 9.17) is 4.74 Å². The minimum atomic E-state index is -0.289. The monoisotopic (exact) mass is 410 g/mol. The first-order chi connectivity index (χ1) is 14.1. The van der Waals surface area contributed by atoms with Gasteiger partial charge in [-0.15, -0.1) is 10.2 Å². The first-order valence-electron chi connectivity index (χ1n) is 9.62. The van der Waals surface area contributed by atoms with Crippen LogP contribution in [0.2, 0.25) is 0 Å². The van der Waals surface area contributed by atoms with Crippen LogP contribution in [-0.4, -0.2) is 39.1 Å². The zero-order valence-corrected chi connectivity index (χ0v) is 17.7. The predicted octanol–water partition coefficient (Wildman–Crippen LogP) is 3.89. The molecule has 1 aromatic heterocycles. The standard InChI is InChI=1S/C22H26N4O2S/c1-16(12-13-18-8-5-4-6-9-18)24-21(27)17(2)29-22-25-23-15-26(22)19-10-7-11-20(14-19)28-3/h4-11,14-17H,12-13H2,1-3H3,(H,24,27). The van der Waals surface area contributed by atoms with E-state index in [9.17, 15) is 4.79 Å². The summed E-state index contributed by atoms with van der Waals surface area (Å²) in [6, 6.07) is 18.1. The van der Waals surface area contributed by atoms with Gasteiger partial charge < -0.3 is 10.1 Å². The molecule has 3 rings (SSSR count). The van der Waals surface area contributed by atoms with Gasteiger partial charge in [-0.2, -0.15) is 0 Å². The molecule has 0 bridgehead atoms. The topological polar surface area (TPSA) is 69.0 Å².